The highest BCUT2D eigenvalue weighted by atomic mass is 16.5. The van der Waals surface area contributed by atoms with Crippen molar-refractivity contribution < 1.29 is 19.7 Å². The zero-order valence-corrected chi connectivity index (χ0v) is 27.7. The maximum Gasteiger partial charge on any atom is 0.138 e. The van der Waals surface area contributed by atoms with Gasteiger partial charge in [0.2, 0.25) is 0 Å². The molecule has 0 aromatic rings. The minimum Gasteiger partial charge on any atom is -0.394 e. The van der Waals surface area contributed by atoms with Crippen molar-refractivity contribution in [2.45, 2.75) is 193 Å². The molecular weight excluding hydrogens is 508 g/mol. The van der Waals surface area contributed by atoms with E-state index >= 15 is 0 Å². The maximum absolute atomic E-state index is 13.0. The first kappa shape index (κ1) is 40.3. The van der Waals surface area contributed by atoms with Crippen LogP contribution in [0.3, 0.4) is 0 Å². The lowest BCUT2D eigenvalue weighted by Crippen LogP contribution is -2.25. The van der Waals surface area contributed by atoms with Crippen molar-refractivity contribution in [3.05, 3.63) is 12.2 Å². The highest BCUT2D eigenvalue weighted by Gasteiger charge is 2.18. The molecule has 2 atom stereocenters. The summed E-state index contributed by atoms with van der Waals surface area (Å²) >= 11 is 0. The van der Waals surface area contributed by atoms with Gasteiger partial charge in [0.15, 0.2) is 0 Å². The van der Waals surface area contributed by atoms with Crippen LogP contribution in [0.15, 0.2) is 12.2 Å². The van der Waals surface area contributed by atoms with Crippen molar-refractivity contribution in [3.63, 3.8) is 0 Å². The summed E-state index contributed by atoms with van der Waals surface area (Å²) in [6, 6.07) is 0. The number of rotatable bonds is 34. The number of aliphatic hydroxyl groups excluding tert-OH is 2. The Kier molecular flexibility index (Phi) is 33.2. The molecule has 0 amide bonds. The van der Waals surface area contributed by atoms with E-state index in [1.54, 1.807) is 0 Å². The number of carbonyl (C=O) groups is 1. The fourth-order valence-electron chi connectivity index (χ4n) is 5.54. The minimum atomic E-state index is -0.860. The molecule has 41 heavy (non-hydrogen) atoms. The zero-order chi connectivity index (χ0) is 30.1. The Morgan fingerprint density at radius 1 is 0.585 bits per heavy atom. The average molecular weight is 581 g/mol. The van der Waals surface area contributed by atoms with Crippen LogP contribution in [0.4, 0.5) is 0 Å². The summed E-state index contributed by atoms with van der Waals surface area (Å²) in [7, 11) is 0. The SMILES string of the molecule is CCCCCCCC/C=C\CCCCCCC(COCC(O)CO)C(=O)CCCCCCCCCCCCCCC. The first-order chi connectivity index (χ1) is 20.2. The highest BCUT2D eigenvalue weighted by Crippen LogP contribution is 2.18. The average Bonchev–Trinajstić information content (AvgIpc) is 2.98. The summed E-state index contributed by atoms with van der Waals surface area (Å²) in [5.74, 6) is 0.250. The zero-order valence-electron chi connectivity index (χ0n) is 27.7. The van der Waals surface area contributed by atoms with Gasteiger partial charge in [-0.25, -0.2) is 0 Å². The van der Waals surface area contributed by atoms with Gasteiger partial charge in [0.1, 0.15) is 11.9 Å². The molecule has 0 rings (SSSR count). The number of ketones is 1. The summed E-state index contributed by atoms with van der Waals surface area (Å²) in [5.41, 5.74) is 0. The lowest BCUT2D eigenvalue weighted by molar-refractivity contribution is -0.126. The number of ether oxygens (including phenoxy) is 1. The molecule has 0 aliphatic heterocycles. The van der Waals surface area contributed by atoms with E-state index in [2.05, 4.69) is 26.0 Å². The van der Waals surface area contributed by atoms with Gasteiger partial charge in [0.05, 0.1) is 19.8 Å². The molecule has 0 aliphatic carbocycles. The Morgan fingerprint density at radius 3 is 1.46 bits per heavy atom. The highest BCUT2D eigenvalue weighted by molar-refractivity contribution is 5.81. The van der Waals surface area contributed by atoms with Crippen LogP contribution in [0.5, 0.6) is 0 Å². The molecule has 0 spiro atoms. The molecule has 0 saturated heterocycles. The molecule has 2 unspecified atom stereocenters. The number of allylic oxidation sites excluding steroid dienone is 2. The van der Waals surface area contributed by atoms with Crippen LogP contribution >= 0.6 is 0 Å². The summed E-state index contributed by atoms with van der Waals surface area (Å²) in [4.78, 5) is 13.0. The number of Topliss-reactive ketones (excluding diaryl/α,β-unsaturated/α-hetero) is 1. The minimum absolute atomic E-state index is 0.0737. The largest absolute Gasteiger partial charge is 0.394 e. The molecule has 0 saturated carbocycles. The van der Waals surface area contributed by atoms with E-state index in [9.17, 15) is 9.90 Å². The normalized spacial score (nSPS) is 13.3. The molecule has 0 aliphatic rings. The van der Waals surface area contributed by atoms with Crippen LogP contribution < -0.4 is 0 Å². The van der Waals surface area contributed by atoms with E-state index in [1.165, 1.54) is 135 Å². The fraction of sp³-hybridized carbons (Fsp3) is 0.919. The van der Waals surface area contributed by atoms with E-state index in [0.717, 1.165) is 32.1 Å². The van der Waals surface area contributed by atoms with E-state index in [1.807, 2.05) is 0 Å². The molecular formula is C37H72O4. The third-order valence-corrected chi connectivity index (χ3v) is 8.39. The quantitative estimate of drug-likeness (QED) is 0.0587. The third-order valence-electron chi connectivity index (χ3n) is 8.39. The van der Waals surface area contributed by atoms with Crippen LogP contribution in [0.2, 0.25) is 0 Å². The van der Waals surface area contributed by atoms with E-state index in [4.69, 9.17) is 9.84 Å². The Bertz CT molecular complexity index is 547. The molecule has 4 nitrogen and oxygen atoms in total. The molecule has 0 heterocycles. The van der Waals surface area contributed by atoms with Crippen molar-refractivity contribution in [2.75, 3.05) is 19.8 Å². The molecule has 0 aromatic carbocycles. The monoisotopic (exact) mass is 581 g/mol. The lowest BCUT2D eigenvalue weighted by Gasteiger charge is -2.17. The molecule has 4 heteroatoms. The topological polar surface area (TPSA) is 66.8 Å². The van der Waals surface area contributed by atoms with E-state index in [-0.39, 0.29) is 19.1 Å². The first-order valence-corrected chi connectivity index (χ1v) is 18.2. The number of aliphatic hydroxyl groups is 2. The molecule has 2 N–H and O–H groups in total. The third kappa shape index (κ3) is 30.5. The standard InChI is InChI=1S/C37H72O4/c1-3-5-7-9-11-13-15-17-19-20-22-24-26-28-30-35(33-41-34-36(39)32-38)37(40)31-29-27-25-23-21-18-16-14-12-10-8-6-4-2/h17,19,35-36,38-39H,3-16,18,20-34H2,1-2H3/b19-17-. The molecule has 0 bridgehead atoms. The van der Waals surface area contributed by atoms with Crippen LogP contribution in [-0.2, 0) is 9.53 Å². The Balaban J connectivity index is 3.94. The van der Waals surface area contributed by atoms with Crippen molar-refractivity contribution in [1.82, 2.24) is 0 Å². The predicted octanol–water partition coefficient (Wildman–Crippen LogP) is 10.7. The second kappa shape index (κ2) is 33.8. The van der Waals surface area contributed by atoms with Crippen LogP contribution in [-0.4, -0.2) is 41.9 Å². The Hall–Kier alpha value is -0.710. The second-order valence-electron chi connectivity index (χ2n) is 12.5. The number of hydrogen-bond acceptors (Lipinski definition) is 4. The van der Waals surface area contributed by atoms with Gasteiger partial charge in [-0.15, -0.1) is 0 Å². The van der Waals surface area contributed by atoms with Crippen molar-refractivity contribution in [2.24, 2.45) is 5.92 Å². The van der Waals surface area contributed by atoms with Crippen molar-refractivity contribution in [1.29, 1.82) is 0 Å². The predicted molar refractivity (Wildman–Crippen MR) is 178 cm³/mol. The molecule has 0 fully saturated rings. The van der Waals surface area contributed by atoms with Gasteiger partial charge in [-0.1, -0.05) is 154 Å². The molecule has 0 radical (unpaired) electrons. The number of hydrogen-bond donors (Lipinski definition) is 2. The van der Waals surface area contributed by atoms with Gasteiger partial charge >= 0.3 is 0 Å². The maximum atomic E-state index is 13.0. The number of unbranched alkanes of at least 4 members (excludes halogenated alkanes) is 22. The van der Waals surface area contributed by atoms with E-state index in [0.29, 0.717) is 18.8 Å². The second-order valence-corrected chi connectivity index (χ2v) is 12.5. The molecule has 0 aromatic heterocycles. The van der Waals surface area contributed by atoms with Crippen molar-refractivity contribution >= 4 is 5.78 Å². The fourth-order valence-corrected chi connectivity index (χ4v) is 5.54. The number of carbonyl (C=O) groups excluding carboxylic acids is 1. The summed E-state index contributed by atoms with van der Waals surface area (Å²) in [6.45, 7) is 4.71. The summed E-state index contributed by atoms with van der Waals surface area (Å²) < 4.78 is 5.62. The van der Waals surface area contributed by atoms with Gasteiger partial charge in [-0.2, -0.15) is 0 Å². The van der Waals surface area contributed by atoms with Gasteiger partial charge < -0.3 is 14.9 Å². The van der Waals surface area contributed by atoms with Crippen LogP contribution in [0, 0.1) is 5.92 Å². The summed E-state index contributed by atoms with van der Waals surface area (Å²) in [6.07, 6.45) is 37.7. The first-order valence-electron chi connectivity index (χ1n) is 18.2. The molecule has 244 valence electrons. The smallest absolute Gasteiger partial charge is 0.138 e. The lowest BCUT2D eigenvalue weighted by atomic mass is 9.93. The van der Waals surface area contributed by atoms with Gasteiger partial charge in [0.25, 0.3) is 0 Å². The van der Waals surface area contributed by atoms with Crippen LogP contribution in [0.1, 0.15) is 187 Å². The van der Waals surface area contributed by atoms with Gasteiger partial charge in [0, 0.05) is 12.3 Å². The van der Waals surface area contributed by atoms with Gasteiger partial charge in [-0.3, -0.25) is 4.79 Å². The van der Waals surface area contributed by atoms with E-state index < -0.39 is 6.10 Å². The van der Waals surface area contributed by atoms with Gasteiger partial charge in [-0.05, 0) is 38.5 Å². The van der Waals surface area contributed by atoms with Crippen LogP contribution in [0.25, 0.3) is 0 Å². The summed E-state index contributed by atoms with van der Waals surface area (Å²) in [5, 5.41) is 18.6. The Morgan fingerprint density at radius 2 is 1.00 bits per heavy atom. The Labute approximate surface area is 256 Å². The van der Waals surface area contributed by atoms with Crippen molar-refractivity contribution in [3.8, 4) is 0 Å².